The predicted molar refractivity (Wildman–Crippen MR) is 114 cm³/mol. The van der Waals surface area contributed by atoms with E-state index in [4.69, 9.17) is 10.5 Å². The van der Waals surface area contributed by atoms with Gasteiger partial charge in [0.25, 0.3) is 0 Å². The summed E-state index contributed by atoms with van der Waals surface area (Å²) < 4.78 is 5.20. The topological polar surface area (TPSA) is 81.4 Å². The number of carbonyl (C=O) groups excluding carboxylic acids is 2. The highest BCUT2D eigenvalue weighted by atomic mass is 16.6. The second-order valence-corrected chi connectivity index (χ2v) is 8.47. The van der Waals surface area contributed by atoms with Crippen LogP contribution in [0.5, 0.6) is 0 Å². The minimum atomic E-state index is -0.738. The van der Waals surface area contributed by atoms with E-state index < -0.39 is 23.6 Å². The maximum atomic E-state index is 11.9. The number of benzene rings is 1. The number of amides is 2. The number of ether oxygens (including phenoxy) is 1. The van der Waals surface area contributed by atoms with Crippen LogP contribution < -0.4 is 11.1 Å². The van der Waals surface area contributed by atoms with Crippen molar-refractivity contribution >= 4 is 12.0 Å². The first kappa shape index (κ1) is 24.0. The molecule has 5 heteroatoms. The summed E-state index contributed by atoms with van der Waals surface area (Å²) >= 11 is 0. The van der Waals surface area contributed by atoms with Gasteiger partial charge in [0.15, 0.2) is 0 Å². The number of nitrogens with one attached hydrogen (secondary N) is 1. The lowest BCUT2D eigenvalue weighted by Crippen LogP contribution is -2.46. The average Bonchev–Trinajstić information content (AvgIpc) is 2.61. The lowest BCUT2D eigenvalue weighted by Gasteiger charge is -2.22. The number of rotatable bonds is 12. The van der Waals surface area contributed by atoms with E-state index >= 15 is 0 Å². The molecule has 0 saturated heterocycles. The average molecular weight is 391 g/mol. The van der Waals surface area contributed by atoms with Gasteiger partial charge in [0.1, 0.15) is 11.6 Å². The Balaban J connectivity index is 2.41. The third kappa shape index (κ3) is 11.0. The minimum absolute atomic E-state index is 0.450. The predicted octanol–water partition coefficient (Wildman–Crippen LogP) is 4.90. The number of hydrogen-bond donors (Lipinski definition) is 2. The van der Waals surface area contributed by atoms with Gasteiger partial charge in [-0.05, 0) is 57.6 Å². The Hall–Kier alpha value is -2.04. The van der Waals surface area contributed by atoms with Crippen molar-refractivity contribution in [3.63, 3.8) is 0 Å². The van der Waals surface area contributed by atoms with Crippen molar-refractivity contribution in [2.24, 2.45) is 5.73 Å². The first-order chi connectivity index (χ1) is 13.2. The van der Waals surface area contributed by atoms with Crippen molar-refractivity contribution in [1.82, 2.24) is 5.32 Å². The third-order valence-electron chi connectivity index (χ3n) is 4.60. The number of primary amides is 1. The van der Waals surface area contributed by atoms with Gasteiger partial charge in [-0.2, -0.15) is 0 Å². The SMILES string of the molecule is CCCCCCCCc1ccc(CCC(NC(=O)OC(C)(C)C)C(N)=O)cc1. The Labute approximate surface area is 170 Å². The molecule has 0 aliphatic carbocycles. The van der Waals surface area contributed by atoms with Crippen LogP contribution in [0.4, 0.5) is 4.79 Å². The third-order valence-corrected chi connectivity index (χ3v) is 4.60. The highest BCUT2D eigenvalue weighted by Crippen LogP contribution is 2.13. The Morgan fingerprint density at radius 1 is 0.964 bits per heavy atom. The zero-order valence-electron chi connectivity index (χ0n) is 18.1. The molecule has 1 rings (SSSR count). The van der Waals surface area contributed by atoms with Crippen LogP contribution in [0.1, 0.15) is 83.8 Å². The van der Waals surface area contributed by atoms with Gasteiger partial charge in [0, 0.05) is 0 Å². The van der Waals surface area contributed by atoms with Crippen molar-refractivity contribution in [2.45, 2.75) is 97.1 Å². The van der Waals surface area contributed by atoms with Gasteiger partial charge in [-0.25, -0.2) is 4.79 Å². The summed E-state index contributed by atoms with van der Waals surface area (Å²) in [5.41, 5.74) is 7.29. The van der Waals surface area contributed by atoms with E-state index in [2.05, 4.69) is 36.5 Å². The molecule has 1 aromatic rings. The number of nitrogens with two attached hydrogens (primary N) is 1. The number of aryl methyl sites for hydroxylation is 2. The molecule has 1 atom stereocenters. The minimum Gasteiger partial charge on any atom is -0.444 e. The van der Waals surface area contributed by atoms with E-state index in [-0.39, 0.29) is 0 Å². The molecule has 1 unspecified atom stereocenters. The molecule has 2 amide bonds. The van der Waals surface area contributed by atoms with Crippen LogP contribution in [0.2, 0.25) is 0 Å². The molecule has 28 heavy (non-hydrogen) atoms. The van der Waals surface area contributed by atoms with Crippen molar-refractivity contribution in [2.75, 3.05) is 0 Å². The van der Waals surface area contributed by atoms with Gasteiger partial charge in [-0.1, -0.05) is 63.3 Å². The summed E-state index contributed by atoms with van der Waals surface area (Å²) in [6.45, 7) is 7.57. The van der Waals surface area contributed by atoms with Crippen LogP contribution in [0.3, 0.4) is 0 Å². The smallest absolute Gasteiger partial charge is 0.408 e. The van der Waals surface area contributed by atoms with Crippen LogP contribution in [0, 0.1) is 0 Å². The second kappa shape index (κ2) is 12.4. The van der Waals surface area contributed by atoms with Gasteiger partial charge in [-0.3, -0.25) is 4.79 Å². The molecule has 158 valence electrons. The van der Waals surface area contributed by atoms with E-state index in [1.807, 2.05) is 0 Å². The van der Waals surface area contributed by atoms with Gasteiger partial charge in [0.2, 0.25) is 5.91 Å². The van der Waals surface area contributed by atoms with E-state index in [1.54, 1.807) is 20.8 Å². The molecule has 0 radical (unpaired) electrons. The van der Waals surface area contributed by atoms with E-state index in [9.17, 15) is 9.59 Å². The largest absolute Gasteiger partial charge is 0.444 e. The zero-order valence-corrected chi connectivity index (χ0v) is 18.1. The molecular weight excluding hydrogens is 352 g/mol. The zero-order chi connectivity index (χ0) is 21.0. The summed E-state index contributed by atoms with van der Waals surface area (Å²) in [7, 11) is 0. The van der Waals surface area contributed by atoms with Crippen LogP contribution in [-0.4, -0.2) is 23.6 Å². The normalized spacial score (nSPS) is 12.4. The quantitative estimate of drug-likeness (QED) is 0.498. The fourth-order valence-corrected chi connectivity index (χ4v) is 3.03. The summed E-state index contributed by atoms with van der Waals surface area (Å²) in [6.07, 6.45) is 9.41. The Morgan fingerprint density at radius 3 is 2.04 bits per heavy atom. The molecule has 0 heterocycles. The van der Waals surface area contributed by atoms with Crippen molar-refractivity contribution in [1.29, 1.82) is 0 Å². The molecule has 0 fully saturated rings. The standard InChI is InChI=1S/C23H38N2O3/c1-5-6-7-8-9-10-11-18-12-14-19(15-13-18)16-17-20(21(24)26)25-22(27)28-23(2,3)4/h12-15,20H,5-11,16-17H2,1-4H3,(H2,24,26)(H,25,27). The van der Waals surface area contributed by atoms with Gasteiger partial charge < -0.3 is 15.8 Å². The van der Waals surface area contributed by atoms with Crippen molar-refractivity contribution in [3.05, 3.63) is 35.4 Å². The van der Waals surface area contributed by atoms with Crippen molar-refractivity contribution < 1.29 is 14.3 Å². The number of hydrogen-bond acceptors (Lipinski definition) is 3. The fraction of sp³-hybridized carbons (Fsp3) is 0.652. The maximum Gasteiger partial charge on any atom is 0.408 e. The Kier molecular flexibility index (Phi) is 10.6. The molecule has 0 aliphatic heterocycles. The van der Waals surface area contributed by atoms with Crippen LogP contribution in [-0.2, 0) is 22.4 Å². The van der Waals surface area contributed by atoms with E-state index in [0.717, 1.165) is 12.0 Å². The lowest BCUT2D eigenvalue weighted by molar-refractivity contribution is -0.120. The van der Waals surface area contributed by atoms with Gasteiger partial charge in [0.05, 0.1) is 0 Å². The first-order valence-corrected chi connectivity index (χ1v) is 10.6. The molecule has 0 bridgehead atoms. The number of alkyl carbamates (subject to hydrolysis) is 1. The summed E-state index contributed by atoms with van der Waals surface area (Å²) in [6, 6.07) is 7.76. The molecular formula is C23H38N2O3. The van der Waals surface area contributed by atoms with Crippen LogP contribution >= 0.6 is 0 Å². The first-order valence-electron chi connectivity index (χ1n) is 10.6. The lowest BCUT2D eigenvalue weighted by atomic mass is 10.0. The molecule has 0 aromatic heterocycles. The Bertz CT molecular complexity index is 591. The maximum absolute atomic E-state index is 11.9. The summed E-state index contributed by atoms with van der Waals surface area (Å²) in [5, 5.41) is 2.57. The van der Waals surface area contributed by atoms with E-state index in [1.165, 1.54) is 44.1 Å². The van der Waals surface area contributed by atoms with Crippen molar-refractivity contribution in [3.8, 4) is 0 Å². The van der Waals surface area contributed by atoms with Crippen LogP contribution in [0.25, 0.3) is 0 Å². The molecule has 0 aliphatic rings. The summed E-state index contributed by atoms with van der Waals surface area (Å²) in [5.74, 6) is -0.550. The molecule has 0 spiro atoms. The van der Waals surface area contributed by atoms with Gasteiger partial charge in [-0.15, -0.1) is 0 Å². The molecule has 0 saturated carbocycles. The second-order valence-electron chi connectivity index (χ2n) is 8.47. The molecule has 5 nitrogen and oxygen atoms in total. The molecule has 1 aromatic carbocycles. The van der Waals surface area contributed by atoms with Crippen LogP contribution in [0.15, 0.2) is 24.3 Å². The van der Waals surface area contributed by atoms with Gasteiger partial charge >= 0.3 is 6.09 Å². The number of unbranched alkanes of at least 4 members (excludes halogenated alkanes) is 5. The molecule has 3 N–H and O–H groups in total. The monoisotopic (exact) mass is 390 g/mol. The highest BCUT2D eigenvalue weighted by molar-refractivity contribution is 5.84. The number of carbonyl (C=O) groups is 2. The summed E-state index contributed by atoms with van der Waals surface area (Å²) in [4.78, 5) is 23.5. The fourth-order valence-electron chi connectivity index (χ4n) is 3.03. The highest BCUT2D eigenvalue weighted by Gasteiger charge is 2.22. The Morgan fingerprint density at radius 2 is 1.50 bits per heavy atom. The van der Waals surface area contributed by atoms with E-state index in [0.29, 0.717) is 12.8 Å².